The average molecular weight is 402 g/mol. The van der Waals surface area contributed by atoms with Crippen molar-refractivity contribution in [2.75, 3.05) is 13.2 Å². The summed E-state index contributed by atoms with van der Waals surface area (Å²) in [5.74, 6) is -4.76. The summed E-state index contributed by atoms with van der Waals surface area (Å²) in [5, 5.41) is 36.8. The van der Waals surface area contributed by atoms with Gasteiger partial charge in [0.1, 0.15) is 18.1 Å². The van der Waals surface area contributed by atoms with Crippen molar-refractivity contribution in [3.8, 4) is 0 Å². The zero-order valence-corrected chi connectivity index (χ0v) is 15.4. The Labute approximate surface area is 161 Å². The third-order valence-corrected chi connectivity index (χ3v) is 4.20. The summed E-state index contributed by atoms with van der Waals surface area (Å²) in [6, 6.07) is -4.42. The number of aliphatic hydroxyl groups excluding tert-OH is 1. The molecule has 1 aliphatic heterocycles. The highest BCUT2D eigenvalue weighted by Crippen LogP contribution is 2.05. The molecule has 0 bridgehead atoms. The number of carbonyl (C=O) groups excluding carboxylic acids is 3. The highest BCUT2D eigenvalue weighted by molar-refractivity contribution is 5.94. The van der Waals surface area contributed by atoms with Crippen LogP contribution in [-0.2, 0) is 24.0 Å². The second-order valence-corrected chi connectivity index (χ2v) is 6.45. The molecule has 0 aromatic rings. The van der Waals surface area contributed by atoms with Gasteiger partial charge in [-0.15, -0.1) is 0 Å². The van der Waals surface area contributed by atoms with Crippen molar-refractivity contribution >= 4 is 29.7 Å². The van der Waals surface area contributed by atoms with Crippen molar-refractivity contribution < 1.29 is 39.3 Å². The predicted octanol–water partition coefficient (Wildman–Crippen LogP) is -2.85. The van der Waals surface area contributed by atoms with Crippen LogP contribution < -0.4 is 21.3 Å². The van der Waals surface area contributed by atoms with E-state index < -0.39 is 66.9 Å². The number of aliphatic carboxylic acids is 2. The molecule has 0 aromatic carbocycles. The van der Waals surface area contributed by atoms with Crippen LogP contribution in [0.1, 0.15) is 32.6 Å². The molecule has 1 saturated heterocycles. The molecular formula is C16H26N4O8. The summed E-state index contributed by atoms with van der Waals surface area (Å²) < 4.78 is 0. The molecule has 1 fully saturated rings. The summed E-state index contributed by atoms with van der Waals surface area (Å²) in [6.45, 7) is 1.14. The largest absolute Gasteiger partial charge is 0.481 e. The van der Waals surface area contributed by atoms with E-state index in [2.05, 4.69) is 21.3 Å². The van der Waals surface area contributed by atoms with Gasteiger partial charge in [-0.05, 0) is 32.7 Å². The van der Waals surface area contributed by atoms with Crippen molar-refractivity contribution in [2.24, 2.45) is 0 Å². The summed E-state index contributed by atoms with van der Waals surface area (Å²) in [6.07, 6.45) is 0.632. The van der Waals surface area contributed by atoms with E-state index in [9.17, 15) is 29.1 Å². The standard InChI is InChI=1S/C16H26N4O8/c1-8(16(27)28)18-14(25)10(4-5-12(22)23)19-15(26)11(7-21)20-13(24)9-3-2-6-17-9/h8-11,17,21H,2-7H2,1H3,(H,18,25)(H,19,26)(H,20,24)(H,22,23)(H,27,28). The third kappa shape index (κ3) is 7.48. The highest BCUT2D eigenvalue weighted by Gasteiger charge is 2.30. The van der Waals surface area contributed by atoms with Gasteiger partial charge in [-0.3, -0.25) is 24.0 Å². The summed E-state index contributed by atoms with van der Waals surface area (Å²) >= 11 is 0. The highest BCUT2D eigenvalue weighted by atomic mass is 16.4. The lowest BCUT2D eigenvalue weighted by atomic mass is 10.1. The second-order valence-electron chi connectivity index (χ2n) is 6.45. The first-order chi connectivity index (χ1) is 13.1. The molecule has 1 rings (SSSR count). The minimum atomic E-state index is -1.35. The topological polar surface area (TPSA) is 194 Å². The Balaban J connectivity index is 2.75. The molecule has 0 spiro atoms. The zero-order valence-electron chi connectivity index (χ0n) is 15.4. The van der Waals surface area contributed by atoms with E-state index in [4.69, 9.17) is 10.2 Å². The fourth-order valence-corrected chi connectivity index (χ4v) is 2.56. The van der Waals surface area contributed by atoms with E-state index in [1.807, 2.05) is 0 Å². The minimum absolute atomic E-state index is 0.296. The van der Waals surface area contributed by atoms with Crippen molar-refractivity contribution in [2.45, 2.75) is 56.8 Å². The number of aliphatic hydroxyl groups is 1. The number of carboxylic acid groups (broad SMARTS) is 2. The maximum absolute atomic E-state index is 12.4. The van der Waals surface area contributed by atoms with Crippen LogP contribution in [0.15, 0.2) is 0 Å². The molecule has 0 aromatic heterocycles. The Morgan fingerprint density at radius 2 is 1.68 bits per heavy atom. The first-order valence-corrected chi connectivity index (χ1v) is 8.85. The summed E-state index contributed by atoms with van der Waals surface area (Å²) in [7, 11) is 0. The van der Waals surface area contributed by atoms with Crippen LogP contribution in [0.3, 0.4) is 0 Å². The number of carbonyl (C=O) groups is 5. The van der Waals surface area contributed by atoms with Crippen molar-refractivity contribution in [3.63, 3.8) is 0 Å². The van der Waals surface area contributed by atoms with Gasteiger partial charge in [0, 0.05) is 6.42 Å². The maximum Gasteiger partial charge on any atom is 0.325 e. The van der Waals surface area contributed by atoms with E-state index >= 15 is 0 Å². The molecule has 1 heterocycles. The van der Waals surface area contributed by atoms with Crippen molar-refractivity contribution in [1.29, 1.82) is 0 Å². The summed E-state index contributed by atoms with van der Waals surface area (Å²) in [5.41, 5.74) is 0. The van der Waals surface area contributed by atoms with Crippen LogP contribution in [-0.4, -0.2) is 82.3 Å². The van der Waals surface area contributed by atoms with E-state index in [-0.39, 0.29) is 6.42 Å². The van der Waals surface area contributed by atoms with Crippen molar-refractivity contribution in [1.82, 2.24) is 21.3 Å². The Bertz CT molecular complexity index is 605. The molecule has 4 atom stereocenters. The fraction of sp³-hybridized carbons (Fsp3) is 0.688. The molecular weight excluding hydrogens is 376 g/mol. The van der Waals surface area contributed by atoms with Gasteiger partial charge < -0.3 is 36.6 Å². The van der Waals surface area contributed by atoms with Crippen LogP contribution in [0.4, 0.5) is 0 Å². The molecule has 0 aliphatic carbocycles. The van der Waals surface area contributed by atoms with Crippen LogP contribution in [0.25, 0.3) is 0 Å². The van der Waals surface area contributed by atoms with Crippen LogP contribution in [0, 0.1) is 0 Å². The third-order valence-electron chi connectivity index (χ3n) is 4.20. The van der Waals surface area contributed by atoms with Crippen LogP contribution in [0.5, 0.6) is 0 Å². The molecule has 28 heavy (non-hydrogen) atoms. The predicted molar refractivity (Wildman–Crippen MR) is 94.1 cm³/mol. The first kappa shape index (κ1) is 23.3. The van der Waals surface area contributed by atoms with Crippen LogP contribution in [0.2, 0.25) is 0 Å². The molecule has 1 aliphatic rings. The lowest BCUT2D eigenvalue weighted by Gasteiger charge is -2.23. The molecule has 0 radical (unpaired) electrons. The quantitative estimate of drug-likeness (QED) is 0.190. The van der Waals surface area contributed by atoms with Crippen molar-refractivity contribution in [3.05, 3.63) is 0 Å². The molecule has 3 amide bonds. The minimum Gasteiger partial charge on any atom is -0.481 e. The number of amides is 3. The molecule has 4 unspecified atom stereocenters. The smallest absolute Gasteiger partial charge is 0.325 e. The number of carboxylic acids is 2. The van der Waals surface area contributed by atoms with Gasteiger partial charge in [-0.2, -0.15) is 0 Å². The Kier molecular flexibility index (Phi) is 9.32. The van der Waals surface area contributed by atoms with E-state index in [1.165, 1.54) is 6.92 Å². The van der Waals surface area contributed by atoms with Gasteiger partial charge in [0.05, 0.1) is 12.6 Å². The van der Waals surface area contributed by atoms with E-state index in [0.29, 0.717) is 13.0 Å². The van der Waals surface area contributed by atoms with Crippen LogP contribution >= 0.6 is 0 Å². The lowest BCUT2D eigenvalue weighted by Crippen LogP contribution is -2.57. The van der Waals surface area contributed by atoms with Gasteiger partial charge in [0.15, 0.2) is 0 Å². The van der Waals surface area contributed by atoms with E-state index in [1.54, 1.807) is 0 Å². The Morgan fingerprint density at radius 1 is 1.04 bits per heavy atom. The normalized spacial score (nSPS) is 19.1. The second kappa shape index (κ2) is 11.2. The monoisotopic (exact) mass is 402 g/mol. The molecule has 12 nitrogen and oxygen atoms in total. The average Bonchev–Trinajstić information content (AvgIpc) is 3.17. The maximum atomic E-state index is 12.4. The van der Waals surface area contributed by atoms with Gasteiger partial charge in [-0.25, -0.2) is 0 Å². The number of hydrogen-bond acceptors (Lipinski definition) is 7. The SMILES string of the molecule is CC(NC(=O)C(CCC(=O)O)NC(=O)C(CO)NC(=O)C1CCCN1)C(=O)O. The van der Waals surface area contributed by atoms with Gasteiger partial charge in [0.25, 0.3) is 0 Å². The van der Waals surface area contributed by atoms with Gasteiger partial charge in [0.2, 0.25) is 17.7 Å². The summed E-state index contributed by atoms with van der Waals surface area (Å²) in [4.78, 5) is 58.3. The first-order valence-electron chi connectivity index (χ1n) is 8.85. The molecule has 0 saturated carbocycles. The lowest BCUT2D eigenvalue weighted by molar-refractivity contribution is -0.142. The Hall–Kier alpha value is -2.73. The van der Waals surface area contributed by atoms with E-state index in [0.717, 1.165) is 6.42 Å². The molecule has 12 heteroatoms. The van der Waals surface area contributed by atoms with Gasteiger partial charge >= 0.3 is 11.9 Å². The van der Waals surface area contributed by atoms with Gasteiger partial charge in [-0.1, -0.05) is 0 Å². The molecule has 7 N–H and O–H groups in total. The number of rotatable bonds is 11. The Morgan fingerprint density at radius 3 is 2.18 bits per heavy atom. The zero-order chi connectivity index (χ0) is 21.3. The number of hydrogen-bond donors (Lipinski definition) is 7. The fourth-order valence-electron chi connectivity index (χ4n) is 2.56. The number of nitrogens with one attached hydrogen (secondary N) is 4. The molecule has 158 valence electrons.